The predicted octanol–water partition coefficient (Wildman–Crippen LogP) is 2.53. The maximum atomic E-state index is 11.5. The van der Waals surface area contributed by atoms with E-state index in [2.05, 4.69) is 37.4 Å². The second kappa shape index (κ2) is 6.20. The third kappa shape index (κ3) is 4.35. The molecule has 2 rings (SSSR count). The van der Waals surface area contributed by atoms with Crippen molar-refractivity contribution >= 4 is 5.97 Å². The van der Waals surface area contributed by atoms with Crippen LogP contribution in [-0.2, 0) is 16.0 Å². The maximum absolute atomic E-state index is 11.5. The van der Waals surface area contributed by atoms with Gasteiger partial charge in [-0.1, -0.05) is 23.8 Å². The van der Waals surface area contributed by atoms with Gasteiger partial charge in [-0.05, 0) is 44.2 Å². The van der Waals surface area contributed by atoms with Crippen LogP contribution in [0.2, 0.25) is 0 Å². The normalized spacial score (nSPS) is 16.2. The second-order valence-corrected chi connectivity index (χ2v) is 5.55. The molecule has 1 aromatic carbocycles. The highest BCUT2D eigenvalue weighted by Crippen LogP contribution is 2.22. The molecule has 1 fully saturated rings. The summed E-state index contributed by atoms with van der Waals surface area (Å²) < 4.78 is 4.79. The summed E-state index contributed by atoms with van der Waals surface area (Å²) >= 11 is 0. The zero-order valence-electron chi connectivity index (χ0n) is 12.0. The summed E-state index contributed by atoms with van der Waals surface area (Å²) in [5.74, 6) is -0.136. The van der Waals surface area contributed by atoms with Gasteiger partial charge in [0.25, 0.3) is 0 Å². The Kier molecular flexibility index (Phi) is 4.59. The number of hydrogen-bond donors (Lipinski definition) is 1. The molecule has 3 heteroatoms. The molecule has 0 heterocycles. The molecule has 0 aromatic heterocycles. The molecule has 0 saturated heterocycles. The standard InChI is InChI=1S/C16H23NO2/c1-11-4-5-13(12(2)8-11)9-15(10-16(18)19-3)17-14-6-7-14/h4-5,8,14-15,17H,6-7,9-10H2,1-3H3. The topological polar surface area (TPSA) is 38.3 Å². The third-order valence-electron chi connectivity index (χ3n) is 3.65. The van der Waals surface area contributed by atoms with Gasteiger partial charge in [0.2, 0.25) is 0 Å². The van der Waals surface area contributed by atoms with Crippen molar-refractivity contribution < 1.29 is 9.53 Å². The lowest BCUT2D eigenvalue weighted by Crippen LogP contribution is -2.35. The molecule has 0 aliphatic heterocycles. The second-order valence-electron chi connectivity index (χ2n) is 5.55. The Bertz CT molecular complexity index is 452. The molecule has 1 N–H and O–H groups in total. The molecular weight excluding hydrogens is 238 g/mol. The Hall–Kier alpha value is -1.35. The van der Waals surface area contributed by atoms with Crippen LogP contribution < -0.4 is 5.32 Å². The molecule has 1 saturated carbocycles. The van der Waals surface area contributed by atoms with Crippen LogP contribution in [0.1, 0.15) is 36.0 Å². The molecule has 104 valence electrons. The summed E-state index contributed by atoms with van der Waals surface area (Å²) in [6.07, 6.45) is 3.78. The van der Waals surface area contributed by atoms with Crippen molar-refractivity contribution in [2.75, 3.05) is 7.11 Å². The number of methoxy groups -OCH3 is 1. The predicted molar refractivity (Wildman–Crippen MR) is 76.2 cm³/mol. The number of esters is 1. The van der Waals surface area contributed by atoms with Gasteiger partial charge in [0.1, 0.15) is 0 Å². The van der Waals surface area contributed by atoms with Gasteiger partial charge < -0.3 is 10.1 Å². The van der Waals surface area contributed by atoms with Crippen LogP contribution in [0.4, 0.5) is 0 Å². The quantitative estimate of drug-likeness (QED) is 0.800. The number of benzene rings is 1. The van der Waals surface area contributed by atoms with Gasteiger partial charge in [-0.15, -0.1) is 0 Å². The number of ether oxygens (including phenoxy) is 1. The van der Waals surface area contributed by atoms with Gasteiger partial charge in [0.05, 0.1) is 13.5 Å². The van der Waals surface area contributed by atoms with Gasteiger partial charge in [0, 0.05) is 12.1 Å². The first-order chi connectivity index (χ1) is 9.08. The van der Waals surface area contributed by atoms with Gasteiger partial charge in [-0.2, -0.15) is 0 Å². The Morgan fingerprint density at radius 1 is 1.42 bits per heavy atom. The molecular formula is C16H23NO2. The summed E-state index contributed by atoms with van der Waals surface area (Å²) in [4.78, 5) is 11.5. The molecule has 1 atom stereocenters. The number of nitrogens with one attached hydrogen (secondary N) is 1. The highest BCUT2D eigenvalue weighted by molar-refractivity contribution is 5.70. The number of carbonyl (C=O) groups excluding carboxylic acids is 1. The lowest BCUT2D eigenvalue weighted by atomic mass is 9.97. The minimum Gasteiger partial charge on any atom is -0.469 e. The van der Waals surface area contributed by atoms with Crippen LogP contribution in [-0.4, -0.2) is 25.2 Å². The molecule has 1 aliphatic rings. The highest BCUT2D eigenvalue weighted by Gasteiger charge is 2.26. The van der Waals surface area contributed by atoms with Crippen LogP contribution >= 0.6 is 0 Å². The first kappa shape index (κ1) is 14.1. The van der Waals surface area contributed by atoms with Crippen molar-refractivity contribution in [1.29, 1.82) is 0 Å². The highest BCUT2D eigenvalue weighted by atomic mass is 16.5. The summed E-state index contributed by atoms with van der Waals surface area (Å²) in [5.41, 5.74) is 3.89. The summed E-state index contributed by atoms with van der Waals surface area (Å²) in [5, 5.41) is 3.55. The van der Waals surface area contributed by atoms with Crippen molar-refractivity contribution in [3.63, 3.8) is 0 Å². The molecule has 1 aromatic rings. The van der Waals surface area contributed by atoms with E-state index >= 15 is 0 Å². The van der Waals surface area contributed by atoms with E-state index < -0.39 is 0 Å². The van der Waals surface area contributed by atoms with Crippen LogP contribution in [0.15, 0.2) is 18.2 Å². The van der Waals surface area contributed by atoms with E-state index in [0.29, 0.717) is 12.5 Å². The average molecular weight is 261 g/mol. The molecule has 0 bridgehead atoms. The minimum absolute atomic E-state index is 0.136. The smallest absolute Gasteiger partial charge is 0.307 e. The van der Waals surface area contributed by atoms with Crippen molar-refractivity contribution in [2.24, 2.45) is 0 Å². The van der Waals surface area contributed by atoms with E-state index in [1.165, 1.54) is 36.6 Å². The summed E-state index contributed by atoms with van der Waals surface area (Å²) in [7, 11) is 1.45. The first-order valence-electron chi connectivity index (χ1n) is 6.97. The first-order valence-corrected chi connectivity index (χ1v) is 6.97. The number of carbonyl (C=O) groups is 1. The number of aryl methyl sites for hydroxylation is 2. The van der Waals surface area contributed by atoms with Crippen LogP contribution in [0, 0.1) is 13.8 Å². The number of rotatable bonds is 6. The molecule has 0 spiro atoms. The van der Waals surface area contributed by atoms with E-state index in [4.69, 9.17) is 4.74 Å². The Morgan fingerprint density at radius 2 is 2.16 bits per heavy atom. The molecule has 0 radical (unpaired) electrons. The lowest BCUT2D eigenvalue weighted by molar-refractivity contribution is -0.141. The minimum atomic E-state index is -0.136. The molecule has 3 nitrogen and oxygen atoms in total. The van der Waals surface area contributed by atoms with Gasteiger partial charge in [0.15, 0.2) is 0 Å². The average Bonchev–Trinajstić information content (AvgIpc) is 3.16. The SMILES string of the molecule is COC(=O)CC(Cc1ccc(C)cc1C)NC1CC1. The maximum Gasteiger partial charge on any atom is 0.307 e. The van der Waals surface area contributed by atoms with Crippen LogP contribution in [0.25, 0.3) is 0 Å². The Labute approximate surface area is 115 Å². The fourth-order valence-corrected chi connectivity index (χ4v) is 2.40. The zero-order valence-corrected chi connectivity index (χ0v) is 12.0. The van der Waals surface area contributed by atoms with E-state index in [-0.39, 0.29) is 12.0 Å². The van der Waals surface area contributed by atoms with Crippen molar-refractivity contribution in [3.05, 3.63) is 34.9 Å². The largest absolute Gasteiger partial charge is 0.469 e. The van der Waals surface area contributed by atoms with Crippen molar-refractivity contribution in [3.8, 4) is 0 Å². The fraction of sp³-hybridized carbons (Fsp3) is 0.562. The van der Waals surface area contributed by atoms with Crippen molar-refractivity contribution in [2.45, 2.75) is 51.6 Å². The lowest BCUT2D eigenvalue weighted by Gasteiger charge is -2.19. The fourth-order valence-electron chi connectivity index (χ4n) is 2.40. The van der Waals surface area contributed by atoms with Crippen LogP contribution in [0.5, 0.6) is 0 Å². The molecule has 19 heavy (non-hydrogen) atoms. The van der Waals surface area contributed by atoms with E-state index in [1.54, 1.807) is 0 Å². The molecule has 1 unspecified atom stereocenters. The molecule has 0 amide bonds. The van der Waals surface area contributed by atoms with Crippen molar-refractivity contribution in [1.82, 2.24) is 5.32 Å². The van der Waals surface area contributed by atoms with E-state index in [9.17, 15) is 4.79 Å². The molecule has 1 aliphatic carbocycles. The third-order valence-corrected chi connectivity index (χ3v) is 3.65. The Balaban J connectivity index is 2.02. The summed E-state index contributed by atoms with van der Waals surface area (Å²) in [6, 6.07) is 7.28. The van der Waals surface area contributed by atoms with Gasteiger partial charge >= 0.3 is 5.97 Å². The van der Waals surface area contributed by atoms with E-state index in [0.717, 1.165) is 6.42 Å². The van der Waals surface area contributed by atoms with Gasteiger partial charge in [-0.3, -0.25) is 4.79 Å². The monoisotopic (exact) mass is 261 g/mol. The summed E-state index contributed by atoms with van der Waals surface area (Å²) in [6.45, 7) is 4.24. The Morgan fingerprint density at radius 3 is 2.74 bits per heavy atom. The number of hydrogen-bond acceptors (Lipinski definition) is 3. The van der Waals surface area contributed by atoms with E-state index in [1.807, 2.05) is 0 Å². The van der Waals surface area contributed by atoms with Gasteiger partial charge in [-0.25, -0.2) is 0 Å². The van der Waals surface area contributed by atoms with Crippen LogP contribution in [0.3, 0.4) is 0 Å². The zero-order chi connectivity index (χ0) is 13.8.